The number of carboxylic acid groups (broad SMARTS) is 1. The van der Waals surface area contributed by atoms with Crippen molar-refractivity contribution >= 4 is 44.5 Å². The molecule has 0 aliphatic rings. The zero-order valence-electron chi connectivity index (χ0n) is 6.37. The normalized spacial score (nSPS) is 12.5. The first-order valence-electron chi connectivity index (χ1n) is 3.37. The van der Waals surface area contributed by atoms with E-state index in [1.54, 1.807) is 12.1 Å². The molecule has 0 amide bonds. The average molecular weight is 357 g/mol. The summed E-state index contributed by atoms with van der Waals surface area (Å²) in [5.74, 6) is -1.24. The molecule has 70 valence electrons. The third kappa shape index (κ3) is 2.92. The van der Waals surface area contributed by atoms with E-state index in [0.29, 0.717) is 5.56 Å². The van der Waals surface area contributed by atoms with Crippen LogP contribution in [0.15, 0.2) is 22.7 Å². The van der Waals surface area contributed by atoms with Gasteiger partial charge < -0.3 is 10.2 Å². The summed E-state index contributed by atoms with van der Waals surface area (Å²) in [6.07, 6.45) is -1.45. The van der Waals surface area contributed by atoms with Gasteiger partial charge in [0, 0.05) is 8.04 Å². The summed E-state index contributed by atoms with van der Waals surface area (Å²) in [5, 5.41) is 17.8. The minimum Gasteiger partial charge on any atom is -0.479 e. The van der Waals surface area contributed by atoms with E-state index in [1.165, 1.54) is 0 Å². The maximum atomic E-state index is 10.5. The van der Waals surface area contributed by atoms with E-state index in [4.69, 9.17) is 5.11 Å². The second kappa shape index (κ2) is 4.39. The van der Waals surface area contributed by atoms with Crippen LogP contribution in [-0.4, -0.2) is 16.2 Å². The first-order valence-corrected chi connectivity index (χ1v) is 5.25. The molecule has 0 saturated carbocycles. The molecule has 5 heteroatoms. The number of aliphatic hydroxyl groups excluding tert-OH is 1. The second-order valence-electron chi connectivity index (χ2n) is 2.44. The smallest absolute Gasteiger partial charge is 0.337 e. The van der Waals surface area contributed by atoms with Crippen molar-refractivity contribution in [2.24, 2.45) is 0 Å². The zero-order chi connectivity index (χ0) is 10.0. The Bertz CT molecular complexity index is 320. The highest BCUT2D eigenvalue weighted by atomic mass is 127. The monoisotopic (exact) mass is 356 g/mol. The van der Waals surface area contributed by atoms with E-state index in [0.717, 1.165) is 8.04 Å². The first-order chi connectivity index (χ1) is 6.00. The molecule has 0 aliphatic carbocycles. The zero-order valence-corrected chi connectivity index (χ0v) is 10.1. The van der Waals surface area contributed by atoms with Crippen molar-refractivity contribution in [3.8, 4) is 0 Å². The number of rotatable bonds is 2. The molecular weight excluding hydrogens is 351 g/mol. The van der Waals surface area contributed by atoms with E-state index >= 15 is 0 Å². The van der Waals surface area contributed by atoms with Crippen molar-refractivity contribution in [2.45, 2.75) is 6.10 Å². The van der Waals surface area contributed by atoms with Gasteiger partial charge in [-0.3, -0.25) is 0 Å². The number of halogens is 2. The van der Waals surface area contributed by atoms with Gasteiger partial charge in [-0.1, -0.05) is 15.9 Å². The highest BCUT2D eigenvalue weighted by Crippen LogP contribution is 2.22. The van der Waals surface area contributed by atoms with Crippen LogP contribution >= 0.6 is 38.5 Å². The average Bonchev–Trinajstić information content (AvgIpc) is 2.01. The van der Waals surface area contributed by atoms with E-state index in [9.17, 15) is 9.90 Å². The molecule has 13 heavy (non-hydrogen) atoms. The minimum atomic E-state index is -1.45. The van der Waals surface area contributed by atoms with Gasteiger partial charge in [-0.15, -0.1) is 0 Å². The van der Waals surface area contributed by atoms with Gasteiger partial charge in [-0.25, -0.2) is 4.79 Å². The Labute approximate surface area is 97.0 Å². The lowest BCUT2D eigenvalue weighted by atomic mass is 10.1. The van der Waals surface area contributed by atoms with Crippen LogP contribution in [-0.2, 0) is 4.79 Å². The number of aliphatic hydroxyl groups is 1. The molecule has 0 spiro atoms. The van der Waals surface area contributed by atoms with Gasteiger partial charge in [-0.2, -0.15) is 0 Å². The lowest BCUT2D eigenvalue weighted by Crippen LogP contribution is -2.10. The van der Waals surface area contributed by atoms with Crippen LogP contribution in [0.1, 0.15) is 11.7 Å². The molecule has 1 unspecified atom stereocenters. The van der Waals surface area contributed by atoms with Crippen molar-refractivity contribution in [3.63, 3.8) is 0 Å². The fourth-order valence-electron chi connectivity index (χ4n) is 0.876. The molecule has 0 aliphatic heterocycles. The van der Waals surface area contributed by atoms with Crippen molar-refractivity contribution < 1.29 is 15.0 Å². The van der Waals surface area contributed by atoms with Crippen molar-refractivity contribution in [2.75, 3.05) is 0 Å². The molecular formula is C8H6BrIO3. The van der Waals surface area contributed by atoms with E-state index in [1.807, 2.05) is 6.07 Å². The highest BCUT2D eigenvalue weighted by Gasteiger charge is 2.16. The van der Waals surface area contributed by atoms with Crippen LogP contribution < -0.4 is 0 Å². The van der Waals surface area contributed by atoms with Gasteiger partial charge in [0.15, 0.2) is 6.10 Å². The lowest BCUT2D eigenvalue weighted by molar-refractivity contribution is -0.146. The number of benzene rings is 1. The first kappa shape index (κ1) is 10.9. The van der Waals surface area contributed by atoms with Crippen LogP contribution in [0, 0.1) is 3.57 Å². The summed E-state index contributed by atoms with van der Waals surface area (Å²) >= 11 is 5.28. The molecule has 0 saturated heterocycles. The van der Waals surface area contributed by atoms with Crippen LogP contribution in [0.5, 0.6) is 0 Å². The number of hydrogen-bond donors (Lipinski definition) is 2. The minimum absolute atomic E-state index is 0.381. The van der Waals surface area contributed by atoms with Crippen molar-refractivity contribution in [1.29, 1.82) is 0 Å². The Kier molecular flexibility index (Phi) is 3.69. The van der Waals surface area contributed by atoms with E-state index < -0.39 is 12.1 Å². The number of aliphatic carboxylic acids is 1. The van der Waals surface area contributed by atoms with Crippen LogP contribution in [0.4, 0.5) is 0 Å². The SMILES string of the molecule is O=C(O)C(O)c1cc(Br)cc(I)c1. The van der Waals surface area contributed by atoms with Crippen LogP contribution in [0.3, 0.4) is 0 Å². The Hall–Kier alpha value is -0.140. The summed E-state index contributed by atoms with van der Waals surface area (Å²) in [6.45, 7) is 0. The van der Waals surface area contributed by atoms with Gasteiger partial charge in [0.05, 0.1) is 0 Å². The van der Waals surface area contributed by atoms with Gasteiger partial charge in [-0.05, 0) is 46.4 Å². The maximum absolute atomic E-state index is 10.5. The molecule has 1 atom stereocenters. The van der Waals surface area contributed by atoms with Gasteiger partial charge in [0.2, 0.25) is 0 Å². The quantitative estimate of drug-likeness (QED) is 0.798. The second-order valence-corrected chi connectivity index (χ2v) is 4.60. The molecule has 0 radical (unpaired) electrons. The summed E-state index contributed by atoms with van der Waals surface area (Å²) in [7, 11) is 0. The molecule has 0 aromatic heterocycles. The molecule has 0 fully saturated rings. The Morgan fingerprint density at radius 3 is 2.54 bits per heavy atom. The number of hydrogen-bond acceptors (Lipinski definition) is 2. The van der Waals surface area contributed by atoms with E-state index in [2.05, 4.69) is 38.5 Å². The predicted octanol–water partition coefficient (Wildman–Crippen LogP) is 2.17. The third-order valence-electron chi connectivity index (χ3n) is 1.43. The molecule has 0 heterocycles. The molecule has 0 bridgehead atoms. The van der Waals surface area contributed by atoms with E-state index in [-0.39, 0.29) is 0 Å². The van der Waals surface area contributed by atoms with Crippen molar-refractivity contribution in [1.82, 2.24) is 0 Å². The Balaban J connectivity index is 3.07. The van der Waals surface area contributed by atoms with Gasteiger partial charge in [0.1, 0.15) is 0 Å². The number of carboxylic acids is 1. The summed E-state index contributed by atoms with van der Waals surface area (Å²) in [6, 6.07) is 5.05. The lowest BCUT2D eigenvalue weighted by Gasteiger charge is -2.06. The summed E-state index contributed by atoms with van der Waals surface area (Å²) in [5.41, 5.74) is 0.381. The molecule has 1 aromatic rings. The van der Waals surface area contributed by atoms with Crippen molar-refractivity contribution in [3.05, 3.63) is 31.8 Å². The molecule has 3 nitrogen and oxygen atoms in total. The molecule has 2 N–H and O–H groups in total. The Morgan fingerprint density at radius 2 is 2.08 bits per heavy atom. The maximum Gasteiger partial charge on any atom is 0.337 e. The van der Waals surface area contributed by atoms with Gasteiger partial charge in [0.25, 0.3) is 0 Å². The fourth-order valence-corrected chi connectivity index (χ4v) is 2.51. The topological polar surface area (TPSA) is 57.5 Å². The third-order valence-corrected chi connectivity index (χ3v) is 2.52. The van der Waals surface area contributed by atoms with Gasteiger partial charge >= 0.3 is 5.97 Å². The fraction of sp³-hybridized carbons (Fsp3) is 0.125. The summed E-state index contributed by atoms with van der Waals surface area (Å²) < 4.78 is 1.64. The summed E-state index contributed by atoms with van der Waals surface area (Å²) in [4.78, 5) is 10.5. The standard InChI is InChI=1S/C8H6BrIO3/c9-5-1-4(2-6(10)3-5)7(11)8(12)13/h1-3,7,11H,(H,12,13). The molecule has 1 rings (SSSR count). The number of carbonyl (C=O) groups is 1. The largest absolute Gasteiger partial charge is 0.479 e. The molecule has 1 aromatic carbocycles. The predicted molar refractivity (Wildman–Crippen MR) is 59.5 cm³/mol. The highest BCUT2D eigenvalue weighted by molar-refractivity contribution is 14.1. The van der Waals surface area contributed by atoms with Crippen LogP contribution in [0.25, 0.3) is 0 Å². The Morgan fingerprint density at radius 1 is 1.46 bits per heavy atom. The van der Waals surface area contributed by atoms with Crippen LogP contribution in [0.2, 0.25) is 0 Å².